The summed E-state index contributed by atoms with van der Waals surface area (Å²) >= 11 is 0. The monoisotopic (exact) mass is 199 g/mol. The van der Waals surface area contributed by atoms with Gasteiger partial charge in [0.15, 0.2) is 0 Å². The maximum atomic E-state index is 11.4. The summed E-state index contributed by atoms with van der Waals surface area (Å²) < 4.78 is 0. The zero-order valence-corrected chi connectivity index (χ0v) is 8.52. The van der Waals surface area contributed by atoms with Crippen molar-refractivity contribution in [2.45, 2.75) is 18.9 Å². The molecule has 1 fully saturated rings. The van der Waals surface area contributed by atoms with Gasteiger partial charge in [-0.1, -0.05) is 30.4 Å². The number of carbonyl (C=O) groups is 1. The number of anilines is 1. The Morgan fingerprint density at radius 3 is 3.07 bits per heavy atom. The van der Waals surface area contributed by atoms with Crippen LogP contribution in [-0.2, 0) is 4.79 Å². The van der Waals surface area contributed by atoms with E-state index >= 15 is 0 Å². The smallest absolute Gasteiger partial charge is 0.137 e. The van der Waals surface area contributed by atoms with E-state index in [0.29, 0.717) is 24.7 Å². The number of benzene rings is 1. The Bertz CT molecular complexity index is 436. The molecule has 1 saturated heterocycles. The van der Waals surface area contributed by atoms with Crippen molar-refractivity contribution in [1.29, 1.82) is 0 Å². The van der Waals surface area contributed by atoms with Crippen molar-refractivity contribution in [1.82, 2.24) is 0 Å². The van der Waals surface area contributed by atoms with Crippen LogP contribution in [0.2, 0.25) is 0 Å². The van der Waals surface area contributed by atoms with Crippen LogP contribution in [0.1, 0.15) is 18.4 Å². The standard InChI is InChI=1S/C13H13NO/c15-12-7-8-14-11(9-12)6-5-10-3-1-2-4-13(10)14/h1-6,11H,7-9H2. The summed E-state index contributed by atoms with van der Waals surface area (Å²) in [5.74, 6) is 0.389. The molecule has 1 atom stereocenters. The van der Waals surface area contributed by atoms with Crippen molar-refractivity contribution in [2.75, 3.05) is 11.4 Å². The maximum absolute atomic E-state index is 11.4. The molecule has 0 saturated carbocycles. The molecule has 1 unspecified atom stereocenters. The van der Waals surface area contributed by atoms with Gasteiger partial charge in [0.2, 0.25) is 0 Å². The Labute approximate surface area is 89.2 Å². The third-order valence-corrected chi connectivity index (χ3v) is 3.21. The average Bonchev–Trinajstić information content (AvgIpc) is 2.28. The van der Waals surface area contributed by atoms with E-state index in [1.807, 2.05) is 0 Å². The number of Topliss-reactive ketones (excluding diaryl/α,β-unsaturated/α-hetero) is 1. The number of carbonyl (C=O) groups excluding carboxylic acids is 1. The summed E-state index contributed by atoms with van der Waals surface area (Å²) in [6, 6.07) is 8.67. The molecule has 76 valence electrons. The zero-order valence-electron chi connectivity index (χ0n) is 8.52. The number of para-hydroxylation sites is 1. The van der Waals surface area contributed by atoms with Gasteiger partial charge in [0.25, 0.3) is 0 Å². The van der Waals surface area contributed by atoms with Gasteiger partial charge in [0, 0.05) is 25.1 Å². The number of fused-ring (bicyclic) bond motifs is 3. The second-order valence-electron chi connectivity index (χ2n) is 4.17. The van der Waals surface area contributed by atoms with Crippen molar-refractivity contribution in [3.8, 4) is 0 Å². The fourth-order valence-electron chi connectivity index (χ4n) is 2.43. The van der Waals surface area contributed by atoms with E-state index in [1.54, 1.807) is 0 Å². The topological polar surface area (TPSA) is 20.3 Å². The highest BCUT2D eigenvalue weighted by Crippen LogP contribution is 2.32. The highest BCUT2D eigenvalue weighted by molar-refractivity contribution is 5.84. The Morgan fingerprint density at radius 1 is 1.27 bits per heavy atom. The van der Waals surface area contributed by atoms with Gasteiger partial charge in [0.05, 0.1) is 6.04 Å². The summed E-state index contributed by atoms with van der Waals surface area (Å²) in [7, 11) is 0. The second-order valence-corrected chi connectivity index (χ2v) is 4.17. The number of rotatable bonds is 0. The van der Waals surface area contributed by atoms with Crippen LogP contribution in [0.15, 0.2) is 30.3 Å². The van der Waals surface area contributed by atoms with Crippen LogP contribution in [0.3, 0.4) is 0 Å². The molecule has 1 aromatic carbocycles. The molecule has 0 spiro atoms. The van der Waals surface area contributed by atoms with E-state index in [0.717, 1.165) is 6.54 Å². The number of ketones is 1. The first-order valence-corrected chi connectivity index (χ1v) is 5.40. The summed E-state index contributed by atoms with van der Waals surface area (Å²) in [5.41, 5.74) is 2.54. The van der Waals surface area contributed by atoms with Crippen LogP contribution in [0, 0.1) is 0 Å². The van der Waals surface area contributed by atoms with E-state index in [2.05, 4.69) is 41.3 Å². The van der Waals surface area contributed by atoms with Gasteiger partial charge in [-0.3, -0.25) is 4.79 Å². The lowest BCUT2D eigenvalue weighted by Gasteiger charge is -2.38. The van der Waals surface area contributed by atoms with Gasteiger partial charge in [-0.15, -0.1) is 0 Å². The van der Waals surface area contributed by atoms with E-state index in [4.69, 9.17) is 0 Å². The molecule has 2 heterocycles. The minimum Gasteiger partial charge on any atom is -0.364 e. The van der Waals surface area contributed by atoms with Crippen molar-refractivity contribution in [3.05, 3.63) is 35.9 Å². The van der Waals surface area contributed by atoms with E-state index in [-0.39, 0.29) is 0 Å². The summed E-state index contributed by atoms with van der Waals surface area (Å²) in [6.07, 6.45) is 5.65. The number of hydrogen-bond acceptors (Lipinski definition) is 2. The molecule has 2 heteroatoms. The van der Waals surface area contributed by atoms with Crippen molar-refractivity contribution in [3.63, 3.8) is 0 Å². The molecule has 1 aromatic rings. The lowest BCUT2D eigenvalue weighted by atomic mass is 9.94. The largest absolute Gasteiger partial charge is 0.364 e. The summed E-state index contributed by atoms with van der Waals surface area (Å²) in [4.78, 5) is 13.7. The normalized spacial score (nSPS) is 23.6. The van der Waals surface area contributed by atoms with Crippen LogP contribution in [0.25, 0.3) is 6.08 Å². The number of hydrogen-bond donors (Lipinski definition) is 0. The third-order valence-electron chi connectivity index (χ3n) is 3.21. The molecule has 2 aliphatic rings. The Balaban J connectivity index is 2.02. The quantitative estimate of drug-likeness (QED) is 0.638. The van der Waals surface area contributed by atoms with Crippen LogP contribution in [-0.4, -0.2) is 18.4 Å². The predicted molar refractivity (Wildman–Crippen MR) is 60.9 cm³/mol. The van der Waals surface area contributed by atoms with Crippen LogP contribution in [0.5, 0.6) is 0 Å². The van der Waals surface area contributed by atoms with E-state index in [1.165, 1.54) is 11.3 Å². The molecular weight excluding hydrogens is 186 g/mol. The lowest BCUT2D eigenvalue weighted by Crippen LogP contribution is -2.43. The molecule has 0 aliphatic carbocycles. The molecular formula is C13H13NO. The Morgan fingerprint density at radius 2 is 2.13 bits per heavy atom. The first kappa shape index (κ1) is 8.72. The molecule has 0 amide bonds. The van der Waals surface area contributed by atoms with Gasteiger partial charge >= 0.3 is 0 Å². The van der Waals surface area contributed by atoms with E-state index in [9.17, 15) is 4.79 Å². The first-order valence-electron chi connectivity index (χ1n) is 5.40. The molecule has 2 nitrogen and oxygen atoms in total. The first-order chi connectivity index (χ1) is 7.34. The minimum atomic E-state index is 0.293. The van der Waals surface area contributed by atoms with Gasteiger partial charge in [0.1, 0.15) is 5.78 Å². The Hall–Kier alpha value is -1.57. The van der Waals surface area contributed by atoms with Crippen molar-refractivity contribution in [2.24, 2.45) is 0 Å². The van der Waals surface area contributed by atoms with Crippen molar-refractivity contribution < 1.29 is 4.79 Å². The number of nitrogens with zero attached hydrogens (tertiary/aromatic N) is 1. The second kappa shape index (κ2) is 3.23. The van der Waals surface area contributed by atoms with Gasteiger partial charge < -0.3 is 4.90 Å². The molecule has 0 radical (unpaired) electrons. The highest BCUT2D eigenvalue weighted by Gasteiger charge is 2.28. The molecule has 15 heavy (non-hydrogen) atoms. The molecule has 0 N–H and O–H groups in total. The molecule has 0 aromatic heterocycles. The molecule has 0 bridgehead atoms. The average molecular weight is 199 g/mol. The minimum absolute atomic E-state index is 0.293. The van der Waals surface area contributed by atoms with Crippen LogP contribution >= 0.6 is 0 Å². The van der Waals surface area contributed by atoms with Gasteiger partial charge in [-0.25, -0.2) is 0 Å². The molecule has 3 rings (SSSR count). The summed E-state index contributed by atoms with van der Waals surface area (Å²) in [6.45, 7) is 0.866. The fourth-order valence-corrected chi connectivity index (χ4v) is 2.43. The van der Waals surface area contributed by atoms with Gasteiger partial charge in [-0.05, 0) is 11.6 Å². The van der Waals surface area contributed by atoms with Crippen LogP contribution in [0.4, 0.5) is 5.69 Å². The van der Waals surface area contributed by atoms with E-state index < -0.39 is 0 Å². The number of piperidine rings is 1. The SMILES string of the molecule is O=C1CCN2c3ccccc3C=CC2C1. The maximum Gasteiger partial charge on any atom is 0.137 e. The molecule has 2 aliphatic heterocycles. The van der Waals surface area contributed by atoms with Crippen LogP contribution < -0.4 is 4.90 Å². The predicted octanol–water partition coefficient (Wildman–Crippen LogP) is 2.25. The fraction of sp³-hybridized carbons (Fsp3) is 0.308. The van der Waals surface area contributed by atoms with Gasteiger partial charge in [-0.2, -0.15) is 0 Å². The highest BCUT2D eigenvalue weighted by atomic mass is 16.1. The Kier molecular flexibility index (Phi) is 1.88. The lowest BCUT2D eigenvalue weighted by molar-refractivity contribution is -0.119. The summed E-state index contributed by atoms with van der Waals surface area (Å²) in [5, 5.41) is 0. The van der Waals surface area contributed by atoms with Crippen molar-refractivity contribution >= 4 is 17.5 Å². The zero-order chi connectivity index (χ0) is 10.3. The third kappa shape index (κ3) is 1.37.